The second-order valence-corrected chi connectivity index (χ2v) is 4.14. The third-order valence-corrected chi connectivity index (χ3v) is 2.52. The molecule has 1 aromatic carbocycles. The van der Waals surface area contributed by atoms with Crippen molar-refractivity contribution in [2.45, 2.75) is 33.2 Å². The lowest BCUT2D eigenvalue weighted by molar-refractivity contribution is 0.475. The van der Waals surface area contributed by atoms with E-state index in [1.54, 1.807) is 12.1 Å². The summed E-state index contributed by atoms with van der Waals surface area (Å²) in [5.74, 6) is 1.13. The highest BCUT2D eigenvalue weighted by Crippen LogP contribution is 2.10. The first-order valence-corrected chi connectivity index (χ1v) is 6.56. The second kappa shape index (κ2) is 10.9. The molecular weight excluding hydrogens is 353 g/mol. The van der Waals surface area contributed by atoms with Crippen LogP contribution in [-0.2, 0) is 6.54 Å². The topological polar surface area (TPSA) is 56.7 Å². The van der Waals surface area contributed by atoms with Crippen LogP contribution in [0.3, 0.4) is 0 Å². The summed E-state index contributed by atoms with van der Waals surface area (Å²) in [5, 5.41) is 15.7. The van der Waals surface area contributed by atoms with Crippen molar-refractivity contribution in [2.24, 2.45) is 4.99 Å². The number of unbranched alkanes of at least 4 members (excludes halogenated alkanes) is 1. The number of benzene rings is 1. The molecule has 0 amide bonds. The smallest absolute Gasteiger partial charge is 0.191 e. The van der Waals surface area contributed by atoms with Crippen LogP contribution in [0.15, 0.2) is 29.3 Å². The van der Waals surface area contributed by atoms with E-state index in [4.69, 9.17) is 0 Å². The van der Waals surface area contributed by atoms with Crippen LogP contribution < -0.4 is 10.6 Å². The molecule has 108 valence electrons. The van der Waals surface area contributed by atoms with Gasteiger partial charge in [-0.1, -0.05) is 25.5 Å². The maximum absolute atomic E-state index is 9.20. The number of phenolic OH excluding ortho intramolecular Hbond substituents is 1. The monoisotopic (exact) mass is 377 g/mol. The summed E-state index contributed by atoms with van der Waals surface area (Å²) >= 11 is 0. The van der Waals surface area contributed by atoms with E-state index >= 15 is 0 Å². The number of halogens is 1. The number of aromatic hydroxyl groups is 1. The third-order valence-electron chi connectivity index (χ3n) is 2.52. The maximum Gasteiger partial charge on any atom is 0.191 e. The zero-order valence-electron chi connectivity index (χ0n) is 11.6. The van der Waals surface area contributed by atoms with Gasteiger partial charge in [-0.3, -0.25) is 0 Å². The quantitative estimate of drug-likeness (QED) is 0.309. The number of rotatable bonds is 6. The predicted molar refractivity (Wildman–Crippen MR) is 91.2 cm³/mol. The van der Waals surface area contributed by atoms with Crippen LogP contribution in [0.5, 0.6) is 5.75 Å². The standard InChI is InChI=1S/C14H23N3O.HI/c1-3-5-10-16-14(15-4-2)17-11-12-6-8-13(18)9-7-12;/h6-9,18H,3-5,10-11H2,1-2H3,(H2,15,16,17);1H. The molecule has 0 bridgehead atoms. The maximum atomic E-state index is 9.20. The fourth-order valence-electron chi connectivity index (χ4n) is 1.50. The van der Waals surface area contributed by atoms with Crippen molar-refractivity contribution in [3.8, 4) is 5.75 Å². The molecule has 0 atom stereocenters. The minimum Gasteiger partial charge on any atom is -0.508 e. The number of hydrogen-bond donors (Lipinski definition) is 3. The molecule has 0 radical (unpaired) electrons. The van der Waals surface area contributed by atoms with E-state index in [1.807, 2.05) is 12.1 Å². The van der Waals surface area contributed by atoms with Gasteiger partial charge >= 0.3 is 0 Å². The lowest BCUT2D eigenvalue weighted by Gasteiger charge is -2.10. The summed E-state index contributed by atoms with van der Waals surface area (Å²) in [6.07, 6.45) is 2.31. The van der Waals surface area contributed by atoms with E-state index in [9.17, 15) is 5.11 Å². The van der Waals surface area contributed by atoms with E-state index < -0.39 is 0 Å². The molecule has 0 unspecified atom stereocenters. The largest absolute Gasteiger partial charge is 0.508 e. The predicted octanol–water partition coefficient (Wildman–Crippen LogP) is 2.87. The van der Waals surface area contributed by atoms with E-state index in [0.717, 1.165) is 31.0 Å². The van der Waals surface area contributed by atoms with Crippen molar-refractivity contribution >= 4 is 29.9 Å². The van der Waals surface area contributed by atoms with Gasteiger partial charge in [-0.2, -0.15) is 0 Å². The van der Waals surface area contributed by atoms with Crippen LogP contribution in [0.25, 0.3) is 0 Å². The summed E-state index contributed by atoms with van der Waals surface area (Å²) < 4.78 is 0. The molecule has 0 aromatic heterocycles. The van der Waals surface area contributed by atoms with Crippen LogP contribution in [0.2, 0.25) is 0 Å². The normalized spacial score (nSPS) is 10.7. The van der Waals surface area contributed by atoms with Gasteiger partial charge in [0.25, 0.3) is 0 Å². The molecule has 0 heterocycles. The van der Waals surface area contributed by atoms with E-state index in [-0.39, 0.29) is 29.7 Å². The van der Waals surface area contributed by atoms with Gasteiger partial charge in [-0.05, 0) is 31.0 Å². The van der Waals surface area contributed by atoms with Crippen LogP contribution in [0, 0.1) is 0 Å². The Hall–Kier alpha value is -0.980. The summed E-state index contributed by atoms with van der Waals surface area (Å²) in [4.78, 5) is 4.50. The first-order chi connectivity index (χ1) is 8.76. The number of phenols is 1. The molecule has 5 heteroatoms. The lowest BCUT2D eigenvalue weighted by atomic mass is 10.2. The molecule has 0 saturated heterocycles. The molecule has 4 nitrogen and oxygen atoms in total. The molecule has 0 aliphatic heterocycles. The average molecular weight is 377 g/mol. The fourth-order valence-corrected chi connectivity index (χ4v) is 1.50. The molecule has 0 aliphatic carbocycles. The van der Waals surface area contributed by atoms with Crippen molar-refractivity contribution in [3.05, 3.63) is 29.8 Å². The van der Waals surface area contributed by atoms with Gasteiger partial charge in [0.1, 0.15) is 5.75 Å². The van der Waals surface area contributed by atoms with Gasteiger partial charge in [0.2, 0.25) is 0 Å². The van der Waals surface area contributed by atoms with Crippen molar-refractivity contribution in [2.75, 3.05) is 13.1 Å². The minimum absolute atomic E-state index is 0. The SMILES string of the molecule is CCCCNC(=NCc1ccc(O)cc1)NCC.I. The zero-order valence-corrected chi connectivity index (χ0v) is 14.0. The highest BCUT2D eigenvalue weighted by molar-refractivity contribution is 14.0. The third kappa shape index (κ3) is 7.92. The molecular formula is C14H24IN3O. The Morgan fingerprint density at radius 2 is 1.84 bits per heavy atom. The summed E-state index contributed by atoms with van der Waals surface area (Å²) in [6.45, 7) is 6.63. The van der Waals surface area contributed by atoms with Gasteiger partial charge in [-0.25, -0.2) is 4.99 Å². The molecule has 1 aromatic rings. The summed E-state index contributed by atoms with van der Waals surface area (Å²) in [5.41, 5.74) is 1.08. The van der Waals surface area contributed by atoms with Crippen LogP contribution >= 0.6 is 24.0 Å². The van der Waals surface area contributed by atoms with Crippen molar-refractivity contribution < 1.29 is 5.11 Å². The molecule has 0 aliphatic rings. The average Bonchev–Trinajstić information content (AvgIpc) is 2.38. The number of hydrogen-bond acceptors (Lipinski definition) is 2. The highest BCUT2D eigenvalue weighted by Gasteiger charge is 1.97. The second-order valence-electron chi connectivity index (χ2n) is 4.14. The van der Waals surface area contributed by atoms with Crippen molar-refractivity contribution in [3.63, 3.8) is 0 Å². The fraction of sp³-hybridized carbons (Fsp3) is 0.500. The molecule has 0 fully saturated rings. The van der Waals surface area contributed by atoms with Gasteiger partial charge in [0.15, 0.2) is 5.96 Å². The van der Waals surface area contributed by atoms with Crippen LogP contribution in [0.4, 0.5) is 0 Å². The van der Waals surface area contributed by atoms with E-state index in [1.165, 1.54) is 6.42 Å². The lowest BCUT2D eigenvalue weighted by Crippen LogP contribution is -2.37. The zero-order chi connectivity index (χ0) is 13.2. The summed E-state index contributed by atoms with van der Waals surface area (Å²) in [6, 6.07) is 7.13. The first-order valence-electron chi connectivity index (χ1n) is 6.56. The molecule has 19 heavy (non-hydrogen) atoms. The minimum atomic E-state index is 0. The van der Waals surface area contributed by atoms with Gasteiger partial charge in [0, 0.05) is 13.1 Å². The number of guanidine groups is 1. The Labute approximate surface area is 132 Å². The van der Waals surface area contributed by atoms with Crippen LogP contribution in [-0.4, -0.2) is 24.2 Å². The van der Waals surface area contributed by atoms with Crippen LogP contribution in [0.1, 0.15) is 32.3 Å². The Morgan fingerprint density at radius 1 is 1.16 bits per heavy atom. The van der Waals surface area contributed by atoms with Crippen molar-refractivity contribution in [1.82, 2.24) is 10.6 Å². The van der Waals surface area contributed by atoms with Gasteiger partial charge in [0.05, 0.1) is 6.54 Å². The number of nitrogens with zero attached hydrogens (tertiary/aromatic N) is 1. The molecule has 1 rings (SSSR count). The molecule has 3 N–H and O–H groups in total. The Morgan fingerprint density at radius 3 is 2.42 bits per heavy atom. The summed E-state index contributed by atoms with van der Waals surface area (Å²) in [7, 11) is 0. The highest BCUT2D eigenvalue weighted by atomic mass is 127. The number of aliphatic imine (C=N–C) groups is 1. The Balaban J connectivity index is 0.00000324. The van der Waals surface area contributed by atoms with E-state index in [0.29, 0.717) is 6.54 Å². The molecule has 0 spiro atoms. The Bertz CT molecular complexity index is 365. The van der Waals surface area contributed by atoms with Gasteiger partial charge in [-0.15, -0.1) is 24.0 Å². The molecule has 0 saturated carbocycles. The van der Waals surface area contributed by atoms with Crippen molar-refractivity contribution in [1.29, 1.82) is 0 Å². The number of nitrogens with one attached hydrogen (secondary N) is 2. The van der Waals surface area contributed by atoms with Gasteiger partial charge < -0.3 is 15.7 Å². The van der Waals surface area contributed by atoms with E-state index in [2.05, 4.69) is 29.5 Å². The Kier molecular flexibility index (Phi) is 10.3. The first kappa shape index (κ1) is 18.0.